The van der Waals surface area contributed by atoms with Gasteiger partial charge < -0.3 is 10.1 Å². The van der Waals surface area contributed by atoms with Gasteiger partial charge in [-0.2, -0.15) is 4.31 Å². The molecule has 31 heavy (non-hydrogen) atoms. The van der Waals surface area contributed by atoms with E-state index in [1.54, 1.807) is 64.1 Å². The lowest BCUT2D eigenvalue weighted by atomic mass is 10.1. The number of rotatable bonds is 9. The van der Waals surface area contributed by atoms with Crippen LogP contribution in [0.15, 0.2) is 53.4 Å². The molecule has 166 valence electrons. The van der Waals surface area contributed by atoms with Crippen LogP contribution >= 0.6 is 0 Å². The molecule has 0 atom stereocenters. The van der Waals surface area contributed by atoms with Crippen molar-refractivity contribution < 1.29 is 22.7 Å². The van der Waals surface area contributed by atoms with E-state index in [-0.39, 0.29) is 4.90 Å². The largest absolute Gasteiger partial charge is 0.463 e. The van der Waals surface area contributed by atoms with Gasteiger partial charge in [-0.05, 0) is 55.3 Å². The highest BCUT2D eigenvalue weighted by molar-refractivity contribution is 7.89. The minimum Gasteiger partial charge on any atom is -0.463 e. The van der Waals surface area contributed by atoms with Crippen molar-refractivity contribution in [3.05, 3.63) is 65.2 Å². The summed E-state index contributed by atoms with van der Waals surface area (Å²) < 4.78 is 31.7. The van der Waals surface area contributed by atoms with Crippen molar-refractivity contribution in [2.75, 3.05) is 25.0 Å². The van der Waals surface area contributed by atoms with Crippen molar-refractivity contribution in [3.63, 3.8) is 0 Å². The summed E-state index contributed by atoms with van der Waals surface area (Å²) in [5.74, 6) is -0.821. The third-order valence-corrected chi connectivity index (χ3v) is 6.71. The van der Waals surface area contributed by atoms with Gasteiger partial charge in [-0.15, -0.1) is 0 Å². The maximum absolute atomic E-state index is 12.8. The van der Waals surface area contributed by atoms with Gasteiger partial charge >= 0.3 is 5.97 Å². The Labute approximate surface area is 183 Å². The van der Waals surface area contributed by atoms with Gasteiger partial charge in [0, 0.05) is 30.4 Å². The molecule has 2 aromatic carbocycles. The first-order chi connectivity index (χ1) is 14.7. The lowest BCUT2D eigenvalue weighted by molar-refractivity contribution is -0.137. The van der Waals surface area contributed by atoms with E-state index in [2.05, 4.69) is 5.32 Å². The minimum absolute atomic E-state index is 0.0893. The number of aryl methyl sites for hydroxylation is 1. The predicted octanol–water partition coefficient (Wildman–Crippen LogP) is 3.85. The van der Waals surface area contributed by atoms with Gasteiger partial charge in [-0.1, -0.05) is 32.0 Å². The Morgan fingerprint density at radius 3 is 2.26 bits per heavy atom. The SMILES string of the molecule is CCOC(=O)/C=C/c1ccc(NC(=O)c2cc(S(=O)(=O)N(CC)CC)ccc2C)cc1. The summed E-state index contributed by atoms with van der Waals surface area (Å²) >= 11 is 0. The van der Waals surface area contributed by atoms with Gasteiger partial charge in [0.05, 0.1) is 11.5 Å². The molecule has 0 bridgehead atoms. The van der Waals surface area contributed by atoms with Crippen LogP contribution in [0, 0.1) is 6.92 Å². The van der Waals surface area contributed by atoms with Crippen LogP contribution in [0.2, 0.25) is 0 Å². The maximum atomic E-state index is 12.8. The predicted molar refractivity (Wildman–Crippen MR) is 121 cm³/mol. The fraction of sp³-hybridized carbons (Fsp3) is 0.304. The van der Waals surface area contributed by atoms with Crippen LogP contribution in [0.5, 0.6) is 0 Å². The molecule has 0 aliphatic rings. The van der Waals surface area contributed by atoms with Gasteiger partial charge in [-0.3, -0.25) is 4.79 Å². The number of hydrogen-bond acceptors (Lipinski definition) is 5. The average Bonchev–Trinajstić information content (AvgIpc) is 2.74. The summed E-state index contributed by atoms with van der Waals surface area (Å²) in [6, 6.07) is 11.5. The van der Waals surface area contributed by atoms with Crippen molar-refractivity contribution in [2.45, 2.75) is 32.6 Å². The van der Waals surface area contributed by atoms with E-state index in [0.29, 0.717) is 36.5 Å². The summed E-state index contributed by atoms with van der Waals surface area (Å²) in [6.07, 6.45) is 2.96. The Bertz CT molecular complexity index is 1060. The first-order valence-corrected chi connectivity index (χ1v) is 11.5. The first-order valence-electron chi connectivity index (χ1n) is 10.1. The molecule has 2 aromatic rings. The van der Waals surface area contributed by atoms with Crippen molar-refractivity contribution in [1.29, 1.82) is 0 Å². The number of nitrogens with one attached hydrogen (secondary N) is 1. The van der Waals surface area contributed by atoms with E-state index in [1.807, 2.05) is 0 Å². The zero-order valence-electron chi connectivity index (χ0n) is 18.2. The smallest absolute Gasteiger partial charge is 0.330 e. The molecule has 7 nitrogen and oxygen atoms in total. The molecular weight excluding hydrogens is 416 g/mol. The normalized spacial score (nSPS) is 11.6. The molecule has 0 radical (unpaired) electrons. The van der Waals surface area contributed by atoms with Gasteiger partial charge in [0.15, 0.2) is 0 Å². The number of carbonyl (C=O) groups excluding carboxylic acids is 2. The van der Waals surface area contributed by atoms with Gasteiger partial charge in [0.2, 0.25) is 10.0 Å². The fourth-order valence-electron chi connectivity index (χ4n) is 2.95. The highest BCUT2D eigenvalue weighted by Crippen LogP contribution is 2.21. The topological polar surface area (TPSA) is 92.8 Å². The third-order valence-electron chi connectivity index (χ3n) is 4.66. The fourth-order valence-corrected chi connectivity index (χ4v) is 4.43. The van der Waals surface area contributed by atoms with Crippen molar-refractivity contribution >= 4 is 33.7 Å². The van der Waals surface area contributed by atoms with E-state index < -0.39 is 21.9 Å². The Kier molecular flexibility index (Phi) is 8.53. The summed E-state index contributed by atoms with van der Waals surface area (Å²) in [5.41, 5.74) is 2.29. The van der Waals surface area contributed by atoms with Crippen molar-refractivity contribution in [3.8, 4) is 0 Å². The van der Waals surface area contributed by atoms with Gasteiger partial charge in [-0.25, -0.2) is 13.2 Å². The molecule has 0 aliphatic heterocycles. The molecule has 1 N–H and O–H groups in total. The van der Waals surface area contributed by atoms with Crippen LogP contribution in [-0.2, 0) is 19.6 Å². The van der Waals surface area contributed by atoms with Crippen LogP contribution in [0.25, 0.3) is 6.08 Å². The third kappa shape index (κ3) is 6.26. The average molecular weight is 445 g/mol. The van der Waals surface area contributed by atoms with Crippen LogP contribution < -0.4 is 5.32 Å². The number of ether oxygens (including phenoxy) is 1. The molecule has 0 spiro atoms. The second-order valence-electron chi connectivity index (χ2n) is 6.73. The summed E-state index contributed by atoms with van der Waals surface area (Å²) in [5, 5.41) is 2.78. The zero-order valence-corrected chi connectivity index (χ0v) is 19.0. The standard InChI is InChI=1S/C23H28N2O5S/c1-5-25(6-2)31(28,29)20-14-8-17(4)21(16-20)23(27)24-19-12-9-18(10-13-19)11-15-22(26)30-7-3/h8-16H,5-7H2,1-4H3,(H,24,27)/b15-11+. The number of anilines is 1. The monoisotopic (exact) mass is 444 g/mol. The number of esters is 1. The molecule has 1 amide bonds. The molecule has 0 saturated carbocycles. The lowest BCUT2D eigenvalue weighted by Crippen LogP contribution is -2.30. The Balaban J connectivity index is 2.20. The molecule has 0 fully saturated rings. The number of sulfonamides is 1. The van der Waals surface area contributed by atoms with E-state index in [4.69, 9.17) is 4.74 Å². The second kappa shape index (κ2) is 10.9. The quantitative estimate of drug-likeness (QED) is 0.468. The molecule has 0 unspecified atom stereocenters. The summed E-state index contributed by atoms with van der Waals surface area (Å²) in [4.78, 5) is 24.3. The molecule has 0 aromatic heterocycles. The molecule has 0 heterocycles. The molecule has 0 saturated heterocycles. The Morgan fingerprint density at radius 2 is 1.68 bits per heavy atom. The van der Waals surface area contributed by atoms with E-state index in [1.165, 1.54) is 22.5 Å². The lowest BCUT2D eigenvalue weighted by Gasteiger charge is -2.19. The number of hydrogen-bond donors (Lipinski definition) is 1. The number of carbonyl (C=O) groups is 2. The van der Waals surface area contributed by atoms with Gasteiger partial charge in [0.25, 0.3) is 5.91 Å². The summed E-state index contributed by atoms with van der Waals surface area (Å²) in [7, 11) is -3.66. The van der Waals surface area contributed by atoms with Gasteiger partial charge in [0.1, 0.15) is 0 Å². The summed E-state index contributed by atoms with van der Waals surface area (Å²) in [6.45, 7) is 8.05. The molecule has 0 aliphatic carbocycles. The maximum Gasteiger partial charge on any atom is 0.330 e. The van der Waals surface area contributed by atoms with Crippen molar-refractivity contribution in [1.82, 2.24) is 4.31 Å². The van der Waals surface area contributed by atoms with E-state index >= 15 is 0 Å². The number of benzene rings is 2. The first kappa shape index (κ1) is 24.3. The van der Waals surface area contributed by atoms with Crippen LogP contribution in [0.3, 0.4) is 0 Å². The number of amides is 1. The highest BCUT2D eigenvalue weighted by atomic mass is 32.2. The van der Waals surface area contributed by atoms with Crippen molar-refractivity contribution in [2.24, 2.45) is 0 Å². The number of nitrogens with zero attached hydrogens (tertiary/aromatic N) is 1. The van der Waals surface area contributed by atoms with Crippen LogP contribution in [0.1, 0.15) is 42.3 Å². The molecule has 8 heteroatoms. The van der Waals surface area contributed by atoms with E-state index in [0.717, 1.165) is 5.56 Å². The molecule has 2 rings (SSSR count). The van der Waals surface area contributed by atoms with Crippen LogP contribution in [0.4, 0.5) is 5.69 Å². The highest BCUT2D eigenvalue weighted by Gasteiger charge is 2.23. The Hall–Kier alpha value is -2.97. The molecular formula is C23H28N2O5S. The minimum atomic E-state index is -3.66. The Morgan fingerprint density at radius 1 is 1.03 bits per heavy atom. The van der Waals surface area contributed by atoms with Crippen LogP contribution in [-0.4, -0.2) is 44.3 Å². The zero-order chi connectivity index (χ0) is 23.0. The second-order valence-corrected chi connectivity index (χ2v) is 8.67. The van der Waals surface area contributed by atoms with E-state index in [9.17, 15) is 18.0 Å².